The molecule has 1 saturated heterocycles. The lowest BCUT2D eigenvalue weighted by atomic mass is 10.1. The molecule has 4 nitrogen and oxygen atoms in total. The van der Waals surface area contributed by atoms with Crippen molar-refractivity contribution in [2.45, 2.75) is 0 Å². The number of anilines is 1. The van der Waals surface area contributed by atoms with Crippen molar-refractivity contribution in [1.82, 2.24) is 4.98 Å². The first-order valence-electron chi connectivity index (χ1n) is 8.99. The van der Waals surface area contributed by atoms with Crippen LogP contribution in [0.3, 0.4) is 0 Å². The molecule has 0 aliphatic carbocycles. The number of benzene rings is 2. The summed E-state index contributed by atoms with van der Waals surface area (Å²) >= 11 is 7.42. The van der Waals surface area contributed by atoms with Gasteiger partial charge in [-0.15, -0.1) is 11.3 Å². The minimum absolute atomic E-state index is 0.560. The van der Waals surface area contributed by atoms with Gasteiger partial charge in [0, 0.05) is 34.7 Å². The van der Waals surface area contributed by atoms with Gasteiger partial charge in [0.2, 0.25) is 0 Å². The Balaban J connectivity index is 1.54. The number of nitriles is 1. The topological polar surface area (TPSA) is 49.2 Å². The van der Waals surface area contributed by atoms with Crippen molar-refractivity contribution in [2.75, 3.05) is 31.2 Å². The second-order valence-electron chi connectivity index (χ2n) is 6.41. The third-order valence-corrected chi connectivity index (χ3v) is 5.70. The van der Waals surface area contributed by atoms with Gasteiger partial charge in [0.05, 0.1) is 24.5 Å². The summed E-state index contributed by atoms with van der Waals surface area (Å²) in [6, 6.07) is 18.1. The first kappa shape index (κ1) is 18.7. The highest BCUT2D eigenvalue weighted by molar-refractivity contribution is 7.11. The van der Waals surface area contributed by atoms with Crippen LogP contribution < -0.4 is 4.90 Å². The molecule has 0 amide bonds. The van der Waals surface area contributed by atoms with E-state index in [-0.39, 0.29) is 0 Å². The molecule has 1 aliphatic rings. The summed E-state index contributed by atoms with van der Waals surface area (Å²) in [4.78, 5) is 6.94. The second-order valence-corrected chi connectivity index (χ2v) is 7.70. The third-order valence-electron chi connectivity index (χ3n) is 4.58. The van der Waals surface area contributed by atoms with E-state index in [0.717, 1.165) is 43.1 Å². The van der Waals surface area contributed by atoms with E-state index in [1.165, 1.54) is 17.0 Å². The molecule has 2 heterocycles. The van der Waals surface area contributed by atoms with Gasteiger partial charge >= 0.3 is 0 Å². The molecule has 1 aliphatic heterocycles. The van der Waals surface area contributed by atoms with Crippen molar-refractivity contribution >= 4 is 40.3 Å². The van der Waals surface area contributed by atoms with Crippen molar-refractivity contribution in [3.63, 3.8) is 0 Å². The van der Waals surface area contributed by atoms with Gasteiger partial charge in [-0.05, 0) is 35.9 Å². The Labute approximate surface area is 173 Å². The standard InChI is InChI=1S/C22H18ClN3OS/c23-19-5-3-17(4-6-19)21-15-28-22(25-21)18(14-24)13-16-1-7-20(8-2-16)26-9-11-27-12-10-26/h1-8,13,15H,9-12H2/b18-13+. The third kappa shape index (κ3) is 4.26. The van der Waals surface area contributed by atoms with Gasteiger partial charge in [0.25, 0.3) is 0 Å². The minimum Gasteiger partial charge on any atom is -0.378 e. The quantitative estimate of drug-likeness (QED) is 0.546. The summed E-state index contributed by atoms with van der Waals surface area (Å²) in [5.74, 6) is 0. The number of hydrogen-bond acceptors (Lipinski definition) is 5. The van der Waals surface area contributed by atoms with Gasteiger partial charge in [-0.25, -0.2) is 4.98 Å². The lowest BCUT2D eigenvalue weighted by Gasteiger charge is -2.28. The smallest absolute Gasteiger partial charge is 0.134 e. The molecule has 0 N–H and O–H groups in total. The number of nitrogens with zero attached hydrogens (tertiary/aromatic N) is 3. The van der Waals surface area contributed by atoms with Crippen LogP contribution >= 0.6 is 22.9 Å². The summed E-state index contributed by atoms with van der Waals surface area (Å²) < 4.78 is 5.40. The first-order chi connectivity index (χ1) is 13.7. The molecular weight excluding hydrogens is 390 g/mol. The number of ether oxygens (including phenoxy) is 1. The van der Waals surface area contributed by atoms with Crippen molar-refractivity contribution in [3.8, 4) is 17.3 Å². The SMILES string of the molecule is N#C/C(=C\c1ccc(N2CCOCC2)cc1)c1nc(-c2ccc(Cl)cc2)cs1. The maximum absolute atomic E-state index is 9.62. The van der Waals surface area contributed by atoms with Crippen LogP contribution in [0.2, 0.25) is 5.02 Å². The van der Waals surface area contributed by atoms with Gasteiger partial charge < -0.3 is 9.64 Å². The Bertz CT molecular complexity index is 1010. The summed E-state index contributed by atoms with van der Waals surface area (Å²) in [5.41, 5.74) is 4.55. The van der Waals surface area contributed by atoms with Crippen LogP contribution in [-0.2, 0) is 4.74 Å². The van der Waals surface area contributed by atoms with E-state index in [4.69, 9.17) is 16.3 Å². The Hall–Kier alpha value is -2.65. The van der Waals surface area contributed by atoms with E-state index in [0.29, 0.717) is 15.6 Å². The minimum atomic E-state index is 0.560. The fourth-order valence-corrected chi connectivity index (χ4v) is 3.98. The summed E-state index contributed by atoms with van der Waals surface area (Å²) in [6.07, 6.45) is 1.88. The van der Waals surface area contributed by atoms with Crippen LogP contribution in [0, 0.1) is 11.3 Å². The van der Waals surface area contributed by atoms with Crippen LogP contribution in [0.5, 0.6) is 0 Å². The van der Waals surface area contributed by atoms with E-state index >= 15 is 0 Å². The highest BCUT2D eigenvalue weighted by atomic mass is 35.5. The summed E-state index contributed by atoms with van der Waals surface area (Å²) in [5, 5.41) is 13.0. The normalized spacial score (nSPS) is 14.7. The lowest BCUT2D eigenvalue weighted by molar-refractivity contribution is 0.122. The largest absolute Gasteiger partial charge is 0.378 e. The number of rotatable bonds is 4. The van der Waals surface area contributed by atoms with Crippen molar-refractivity contribution in [3.05, 3.63) is 69.5 Å². The molecule has 28 heavy (non-hydrogen) atoms. The zero-order valence-electron chi connectivity index (χ0n) is 15.1. The van der Waals surface area contributed by atoms with Gasteiger partial charge in [-0.2, -0.15) is 5.26 Å². The van der Waals surface area contributed by atoms with Gasteiger partial charge in [-0.3, -0.25) is 0 Å². The molecule has 0 atom stereocenters. The Kier molecular flexibility index (Phi) is 5.73. The van der Waals surface area contributed by atoms with Crippen LogP contribution in [0.1, 0.15) is 10.6 Å². The summed E-state index contributed by atoms with van der Waals surface area (Å²) in [7, 11) is 0. The number of hydrogen-bond donors (Lipinski definition) is 0. The van der Waals surface area contributed by atoms with Crippen LogP contribution in [0.25, 0.3) is 22.9 Å². The lowest BCUT2D eigenvalue weighted by Crippen LogP contribution is -2.36. The molecule has 0 saturated carbocycles. The first-order valence-corrected chi connectivity index (χ1v) is 10.2. The van der Waals surface area contributed by atoms with Crippen LogP contribution in [0.4, 0.5) is 5.69 Å². The Morgan fingerprint density at radius 3 is 2.50 bits per heavy atom. The Morgan fingerprint density at radius 1 is 1.11 bits per heavy atom. The highest BCUT2D eigenvalue weighted by Crippen LogP contribution is 2.28. The van der Waals surface area contributed by atoms with E-state index < -0.39 is 0 Å². The molecule has 140 valence electrons. The van der Waals surface area contributed by atoms with Crippen LogP contribution in [-0.4, -0.2) is 31.3 Å². The van der Waals surface area contributed by atoms with Crippen molar-refractivity contribution < 1.29 is 4.74 Å². The van der Waals surface area contributed by atoms with Gasteiger partial charge in [-0.1, -0.05) is 35.9 Å². The molecule has 0 bridgehead atoms. The predicted octanol–water partition coefficient (Wildman–Crippen LogP) is 5.36. The van der Waals surface area contributed by atoms with Crippen LogP contribution in [0.15, 0.2) is 53.9 Å². The molecule has 1 aromatic heterocycles. The maximum Gasteiger partial charge on any atom is 0.134 e. The average Bonchev–Trinajstić information content (AvgIpc) is 3.23. The zero-order valence-corrected chi connectivity index (χ0v) is 16.7. The highest BCUT2D eigenvalue weighted by Gasteiger charge is 2.12. The number of thiazole rings is 1. The predicted molar refractivity (Wildman–Crippen MR) is 116 cm³/mol. The van der Waals surface area contributed by atoms with Crippen molar-refractivity contribution in [1.29, 1.82) is 5.26 Å². The molecule has 6 heteroatoms. The van der Waals surface area contributed by atoms with Gasteiger partial charge in [0.1, 0.15) is 11.1 Å². The molecule has 0 radical (unpaired) electrons. The van der Waals surface area contributed by atoms with Crippen molar-refractivity contribution in [2.24, 2.45) is 0 Å². The fourth-order valence-electron chi connectivity index (χ4n) is 3.06. The van der Waals surface area contributed by atoms with E-state index in [2.05, 4.69) is 28.1 Å². The molecule has 0 unspecified atom stereocenters. The zero-order chi connectivity index (χ0) is 19.3. The number of allylic oxidation sites excluding steroid dienone is 1. The molecule has 3 aromatic rings. The fraction of sp³-hybridized carbons (Fsp3) is 0.182. The molecular formula is C22H18ClN3OS. The molecule has 1 fully saturated rings. The number of morpholine rings is 1. The number of halogens is 1. The second kappa shape index (κ2) is 8.57. The summed E-state index contributed by atoms with van der Waals surface area (Å²) in [6.45, 7) is 3.34. The average molecular weight is 408 g/mol. The molecule has 4 rings (SSSR count). The maximum atomic E-state index is 9.62. The van der Waals surface area contributed by atoms with Gasteiger partial charge in [0.15, 0.2) is 0 Å². The van der Waals surface area contributed by atoms with E-state index in [1.54, 1.807) is 0 Å². The molecule has 2 aromatic carbocycles. The van der Waals surface area contributed by atoms with E-state index in [9.17, 15) is 5.26 Å². The molecule has 0 spiro atoms. The van der Waals surface area contributed by atoms with E-state index in [1.807, 2.05) is 47.9 Å². The monoisotopic (exact) mass is 407 g/mol. The Morgan fingerprint density at radius 2 is 1.82 bits per heavy atom. The number of aromatic nitrogens is 1.